The van der Waals surface area contributed by atoms with Crippen molar-refractivity contribution in [2.24, 2.45) is 4.40 Å². The van der Waals surface area contributed by atoms with Crippen molar-refractivity contribution in [3.8, 4) is 0 Å². The second-order valence-corrected chi connectivity index (χ2v) is 8.24. The third-order valence-corrected chi connectivity index (χ3v) is 6.15. The van der Waals surface area contributed by atoms with Gasteiger partial charge in [0.05, 0.1) is 21.7 Å². The van der Waals surface area contributed by atoms with Crippen LogP contribution in [0.5, 0.6) is 0 Å². The van der Waals surface area contributed by atoms with E-state index in [4.69, 9.17) is 4.74 Å². The average Bonchev–Trinajstić information content (AvgIpc) is 2.92. The number of esters is 1. The van der Waals surface area contributed by atoms with E-state index in [-0.39, 0.29) is 22.8 Å². The highest BCUT2D eigenvalue weighted by Gasteiger charge is 2.16. The summed E-state index contributed by atoms with van der Waals surface area (Å²) < 4.78 is 36.7. The highest BCUT2D eigenvalue weighted by Crippen LogP contribution is 2.18. The number of sulfonamides is 1. The number of hydrogen-bond donors (Lipinski definition) is 0. The first-order valence-electron chi connectivity index (χ1n) is 8.02. The maximum absolute atomic E-state index is 12.7. The lowest BCUT2D eigenvalue weighted by atomic mass is 10.2. The number of fused-ring (bicyclic) bond motifs is 1. The Morgan fingerprint density at radius 3 is 2.54 bits per heavy atom. The first kappa shape index (κ1) is 18.3. The number of aromatic nitrogens is 1. The Morgan fingerprint density at radius 2 is 1.85 bits per heavy atom. The predicted molar refractivity (Wildman–Crippen MR) is 100 cm³/mol. The fourth-order valence-corrected chi connectivity index (χ4v) is 4.68. The summed E-state index contributed by atoms with van der Waals surface area (Å²) in [6.45, 7) is 3.77. The van der Waals surface area contributed by atoms with Crippen LogP contribution in [0, 0.1) is 6.92 Å². The summed E-state index contributed by atoms with van der Waals surface area (Å²) in [6, 6.07) is 13.9. The number of carbonyl (C=O) groups is 1. The molecule has 2 aromatic carbocycles. The van der Waals surface area contributed by atoms with Crippen LogP contribution in [-0.4, -0.2) is 25.6 Å². The van der Waals surface area contributed by atoms with Crippen LogP contribution in [0.1, 0.15) is 12.5 Å². The standard InChI is InChI=1S/C18H18N2O4S2/c1-3-24-17(21)12-20-15-6-4-5-7-16(15)25-18(20)19-26(22,23)14-10-8-13(2)9-11-14/h4-11H,3,12H2,1-2H3/b19-18-. The molecule has 0 fully saturated rings. The van der Waals surface area contributed by atoms with Crippen LogP contribution in [0.15, 0.2) is 57.8 Å². The summed E-state index contributed by atoms with van der Waals surface area (Å²) in [4.78, 5) is 12.3. The van der Waals surface area contributed by atoms with Gasteiger partial charge in [0.2, 0.25) is 4.80 Å². The van der Waals surface area contributed by atoms with Crippen molar-refractivity contribution in [1.82, 2.24) is 4.57 Å². The molecular weight excluding hydrogens is 372 g/mol. The smallest absolute Gasteiger partial charge is 0.326 e. The lowest BCUT2D eigenvalue weighted by Crippen LogP contribution is -2.23. The largest absolute Gasteiger partial charge is 0.465 e. The maximum atomic E-state index is 12.7. The fraction of sp³-hybridized carbons (Fsp3) is 0.222. The minimum absolute atomic E-state index is 0.0971. The molecule has 0 N–H and O–H groups in total. The second-order valence-electron chi connectivity index (χ2n) is 5.62. The Kier molecular flexibility index (Phi) is 5.24. The molecule has 0 aliphatic rings. The van der Waals surface area contributed by atoms with Crippen LogP contribution < -0.4 is 4.80 Å². The number of para-hydroxylation sites is 1. The zero-order valence-corrected chi connectivity index (χ0v) is 16.0. The molecule has 3 aromatic rings. The Labute approximate surface area is 155 Å². The molecule has 136 valence electrons. The van der Waals surface area contributed by atoms with Crippen molar-refractivity contribution in [2.45, 2.75) is 25.3 Å². The molecule has 26 heavy (non-hydrogen) atoms. The minimum Gasteiger partial charge on any atom is -0.465 e. The first-order chi connectivity index (χ1) is 12.4. The lowest BCUT2D eigenvalue weighted by molar-refractivity contribution is -0.143. The van der Waals surface area contributed by atoms with Gasteiger partial charge in [0.1, 0.15) is 6.54 Å². The Morgan fingerprint density at radius 1 is 1.15 bits per heavy atom. The van der Waals surface area contributed by atoms with E-state index in [1.165, 1.54) is 23.5 Å². The summed E-state index contributed by atoms with van der Waals surface area (Å²) in [5.41, 5.74) is 1.70. The number of carbonyl (C=O) groups excluding carboxylic acids is 1. The number of thiazole rings is 1. The number of aryl methyl sites for hydroxylation is 1. The SMILES string of the molecule is CCOC(=O)Cn1/c(=N/S(=O)(=O)c2ccc(C)cc2)sc2ccccc21. The number of hydrogen-bond acceptors (Lipinski definition) is 5. The average molecular weight is 390 g/mol. The van der Waals surface area contributed by atoms with Crippen LogP contribution in [0.2, 0.25) is 0 Å². The van der Waals surface area contributed by atoms with Crippen LogP contribution in [0.25, 0.3) is 10.2 Å². The minimum atomic E-state index is -3.89. The van der Waals surface area contributed by atoms with Gasteiger partial charge in [0, 0.05) is 0 Å². The molecule has 0 bridgehead atoms. The normalized spacial score (nSPS) is 12.5. The number of rotatable bonds is 5. The van der Waals surface area contributed by atoms with Crippen molar-refractivity contribution in [2.75, 3.05) is 6.61 Å². The van der Waals surface area contributed by atoms with Crippen molar-refractivity contribution in [3.63, 3.8) is 0 Å². The molecule has 0 saturated carbocycles. The van der Waals surface area contributed by atoms with Gasteiger partial charge in [0.25, 0.3) is 10.0 Å². The topological polar surface area (TPSA) is 77.7 Å². The summed E-state index contributed by atoms with van der Waals surface area (Å²) in [5, 5.41) is 0. The highest BCUT2D eigenvalue weighted by molar-refractivity contribution is 7.90. The predicted octanol–water partition coefficient (Wildman–Crippen LogP) is 2.86. The summed E-state index contributed by atoms with van der Waals surface area (Å²) in [6.07, 6.45) is 0. The van der Waals surface area contributed by atoms with Crippen LogP contribution in [0.4, 0.5) is 0 Å². The molecule has 0 radical (unpaired) electrons. The summed E-state index contributed by atoms with van der Waals surface area (Å²) in [7, 11) is -3.89. The van der Waals surface area contributed by atoms with E-state index in [2.05, 4.69) is 4.40 Å². The molecule has 0 atom stereocenters. The molecule has 0 unspecified atom stereocenters. The number of nitrogens with zero attached hydrogens (tertiary/aromatic N) is 2. The van der Waals surface area contributed by atoms with Crippen LogP contribution in [0.3, 0.4) is 0 Å². The molecule has 0 amide bonds. The number of benzene rings is 2. The zero-order valence-electron chi connectivity index (χ0n) is 14.4. The van der Waals surface area contributed by atoms with Gasteiger partial charge in [-0.25, -0.2) is 0 Å². The quantitative estimate of drug-likeness (QED) is 0.628. The van der Waals surface area contributed by atoms with Gasteiger partial charge in [-0.05, 0) is 38.1 Å². The third-order valence-electron chi connectivity index (χ3n) is 3.70. The van der Waals surface area contributed by atoms with E-state index in [1.54, 1.807) is 23.6 Å². The van der Waals surface area contributed by atoms with E-state index in [0.29, 0.717) is 0 Å². The molecule has 8 heteroatoms. The molecule has 0 saturated heterocycles. The van der Waals surface area contributed by atoms with Crippen molar-refractivity contribution < 1.29 is 17.9 Å². The number of ether oxygens (including phenoxy) is 1. The summed E-state index contributed by atoms with van der Waals surface area (Å²) >= 11 is 1.22. The van der Waals surface area contributed by atoms with Gasteiger partial charge in [-0.3, -0.25) is 4.79 Å². The second kappa shape index (κ2) is 7.43. The Bertz CT molecular complexity index is 1110. The molecule has 0 aliphatic carbocycles. The molecule has 0 spiro atoms. The Balaban J connectivity index is 2.15. The van der Waals surface area contributed by atoms with Crippen LogP contribution >= 0.6 is 11.3 Å². The van der Waals surface area contributed by atoms with Gasteiger partial charge in [0.15, 0.2) is 0 Å². The first-order valence-corrected chi connectivity index (χ1v) is 10.3. The zero-order chi connectivity index (χ0) is 18.7. The van der Waals surface area contributed by atoms with Crippen molar-refractivity contribution in [3.05, 3.63) is 58.9 Å². The molecule has 3 rings (SSSR count). The van der Waals surface area contributed by atoms with E-state index in [0.717, 1.165) is 15.8 Å². The van der Waals surface area contributed by atoms with E-state index in [9.17, 15) is 13.2 Å². The lowest BCUT2D eigenvalue weighted by Gasteiger charge is -2.05. The fourth-order valence-electron chi connectivity index (χ4n) is 2.45. The van der Waals surface area contributed by atoms with Gasteiger partial charge >= 0.3 is 5.97 Å². The molecule has 6 nitrogen and oxygen atoms in total. The molecule has 1 heterocycles. The van der Waals surface area contributed by atoms with E-state index >= 15 is 0 Å². The van der Waals surface area contributed by atoms with E-state index in [1.807, 2.05) is 31.2 Å². The summed E-state index contributed by atoms with van der Waals surface area (Å²) in [5.74, 6) is -0.440. The Hall–Kier alpha value is -2.45. The van der Waals surface area contributed by atoms with Gasteiger partial charge in [-0.15, -0.1) is 4.40 Å². The van der Waals surface area contributed by atoms with E-state index < -0.39 is 16.0 Å². The van der Waals surface area contributed by atoms with Gasteiger partial charge in [-0.2, -0.15) is 8.42 Å². The van der Waals surface area contributed by atoms with Crippen molar-refractivity contribution >= 4 is 37.5 Å². The maximum Gasteiger partial charge on any atom is 0.326 e. The highest BCUT2D eigenvalue weighted by atomic mass is 32.2. The van der Waals surface area contributed by atoms with Gasteiger partial charge < -0.3 is 9.30 Å². The molecule has 0 aliphatic heterocycles. The molecule has 1 aromatic heterocycles. The van der Waals surface area contributed by atoms with Crippen LogP contribution in [-0.2, 0) is 26.1 Å². The molecular formula is C18H18N2O4S2. The van der Waals surface area contributed by atoms with Gasteiger partial charge in [-0.1, -0.05) is 41.2 Å². The van der Waals surface area contributed by atoms with Crippen molar-refractivity contribution in [1.29, 1.82) is 0 Å². The third kappa shape index (κ3) is 3.86. The monoisotopic (exact) mass is 390 g/mol.